The maximum Gasteiger partial charge on any atom is 0.317 e. The molecule has 104 valence electrons. The number of rotatable bonds is 5. The van der Waals surface area contributed by atoms with Gasteiger partial charge in [0.1, 0.15) is 11.1 Å². The summed E-state index contributed by atoms with van der Waals surface area (Å²) in [6.07, 6.45) is 0. The summed E-state index contributed by atoms with van der Waals surface area (Å²) >= 11 is 3.65. The molecule has 0 heterocycles. The molecule has 0 amide bonds. The Hall–Kier alpha value is -1.15. The summed E-state index contributed by atoms with van der Waals surface area (Å²) in [5, 5.41) is 19.1. The van der Waals surface area contributed by atoms with Crippen LogP contribution in [0.25, 0.3) is 0 Å². The molecule has 0 fully saturated rings. The zero-order valence-corrected chi connectivity index (χ0v) is 12.5. The highest BCUT2D eigenvalue weighted by molar-refractivity contribution is 9.10. The molecule has 0 saturated carbocycles. The molecule has 0 bridgehead atoms. The molecular weight excluding hydrogens is 341 g/mol. The van der Waals surface area contributed by atoms with E-state index in [1.54, 1.807) is 13.8 Å². The second-order valence-electron chi connectivity index (χ2n) is 4.11. The normalized spacial score (nSPS) is 12.5. The van der Waals surface area contributed by atoms with Crippen molar-refractivity contribution in [3.63, 3.8) is 0 Å². The molecule has 0 aliphatic rings. The highest BCUT2D eigenvalue weighted by atomic mass is 79.9. The van der Waals surface area contributed by atoms with E-state index in [-0.39, 0.29) is 21.0 Å². The lowest BCUT2D eigenvalue weighted by Gasteiger charge is -2.15. The van der Waals surface area contributed by atoms with E-state index < -0.39 is 22.0 Å². The van der Waals surface area contributed by atoms with Crippen LogP contribution in [0.15, 0.2) is 21.5 Å². The van der Waals surface area contributed by atoms with Crippen LogP contribution < -0.4 is 0 Å². The molecule has 0 saturated heterocycles. The van der Waals surface area contributed by atoms with E-state index in [9.17, 15) is 19.3 Å². The highest BCUT2D eigenvalue weighted by Crippen LogP contribution is 2.37. The molecule has 19 heavy (non-hydrogen) atoms. The van der Waals surface area contributed by atoms with Crippen LogP contribution in [0.1, 0.15) is 13.8 Å². The first-order valence-corrected chi connectivity index (χ1v) is 6.94. The summed E-state index contributed by atoms with van der Waals surface area (Å²) in [5.41, 5.74) is -0.315. The fraction of sp³-hybridized carbons (Fsp3) is 0.364. The van der Waals surface area contributed by atoms with E-state index >= 15 is 0 Å². The van der Waals surface area contributed by atoms with Crippen molar-refractivity contribution in [2.45, 2.75) is 24.0 Å². The van der Waals surface area contributed by atoms with E-state index in [1.165, 1.54) is 0 Å². The third kappa shape index (κ3) is 3.90. The molecule has 1 aromatic carbocycles. The molecule has 1 atom stereocenters. The van der Waals surface area contributed by atoms with E-state index in [1.807, 2.05) is 0 Å². The maximum absolute atomic E-state index is 13.4. The summed E-state index contributed by atoms with van der Waals surface area (Å²) in [5.74, 6) is -1.99. The standard InChI is InChI=1S/C11H11BrFNO4S/c1-5(2)10(11(15)16)19-9-4-7(13)6(12)3-8(9)14(17)18/h3-5,10H,1-2H3,(H,15,16). The van der Waals surface area contributed by atoms with Gasteiger partial charge in [0.25, 0.3) is 5.69 Å². The van der Waals surface area contributed by atoms with Gasteiger partial charge in [-0.3, -0.25) is 14.9 Å². The SMILES string of the molecule is CC(C)C(Sc1cc(F)c(Br)cc1[N+](=O)[O-])C(=O)O. The Labute approximate surface area is 121 Å². The van der Waals surface area contributed by atoms with Crippen LogP contribution in [0.3, 0.4) is 0 Å². The summed E-state index contributed by atoms with van der Waals surface area (Å²) in [4.78, 5) is 21.3. The molecule has 1 N–H and O–H groups in total. The molecule has 1 rings (SSSR count). The third-order valence-electron chi connectivity index (χ3n) is 2.30. The van der Waals surface area contributed by atoms with Gasteiger partial charge in [-0.15, -0.1) is 11.8 Å². The Morgan fingerprint density at radius 3 is 2.53 bits per heavy atom. The van der Waals surface area contributed by atoms with Crippen molar-refractivity contribution in [1.29, 1.82) is 0 Å². The predicted octanol–water partition coefficient (Wildman–Crippen LogP) is 3.70. The second kappa shape index (κ2) is 6.33. The quantitative estimate of drug-likeness (QED) is 0.497. The molecular formula is C11H11BrFNO4S. The van der Waals surface area contributed by atoms with Gasteiger partial charge in [0.15, 0.2) is 0 Å². The minimum Gasteiger partial charge on any atom is -0.480 e. The lowest BCUT2D eigenvalue weighted by molar-refractivity contribution is -0.387. The summed E-state index contributed by atoms with van der Waals surface area (Å²) in [6, 6.07) is 2.02. The number of carboxylic acids is 1. The molecule has 1 aromatic rings. The number of nitro benzene ring substituents is 1. The average molecular weight is 352 g/mol. The predicted molar refractivity (Wildman–Crippen MR) is 72.9 cm³/mol. The van der Waals surface area contributed by atoms with Gasteiger partial charge in [-0.2, -0.15) is 0 Å². The van der Waals surface area contributed by atoms with Gasteiger partial charge in [-0.05, 0) is 27.9 Å². The summed E-state index contributed by atoms with van der Waals surface area (Å²) < 4.78 is 13.4. The highest BCUT2D eigenvalue weighted by Gasteiger charge is 2.27. The van der Waals surface area contributed by atoms with Gasteiger partial charge in [0, 0.05) is 6.07 Å². The number of aliphatic carboxylic acids is 1. The number of hydrogen-bond acceptors (Lipinski definition) is 4. The minimum atomic E-state index is -1.09. The fourth-order valence-corrected chi connectivity index (χ4v) is 2.77. The summed E-state index contributed by atoms with van der Waals surface area (Å²) in [7, 11) is 0. The molecule has 8 heteroatoms. The number of benzene rings is 1. The maximum atomic E-state index is 13.4. The van der Waals surface area contributed by atoms with Crippen LogP contribution in [0.2, 0.25) is 0 Å². The number of thioether (sulfide) groups is 1. The Morgan fingerprint density at radius 1 is 1.53 bits per heavy atom. The number of nitrogens with zero attached hydrogens (tertiary/aromatic N) is 1. The average Bonchev–Trinajstić information content (AvgIpc) is 2.28. The van der Waals surface area contributed by atoms with Crippen LogP contribution in [0, 0.1) is 21.8 Å². The van der Waals surface area contributed by atoms with Crippen molar-refractivity contribution in [3.8, 4) is 0 Å². The van der Waals surface area contributed by atoms with Gasteiger partial charge in [0.2, 0.25) is 0 Å². The van der Waals surface area contributed by atoms with Crippen molar-refractivity contribution in [2.75, 3.05) is 0 Å². The van der Waals surface area contributed by atoms with Gasteiger partial charge in [0.05, 0.1) is 14.3 Å². The van der Waals surface area contributed by atoms with E-state index in [4.69, 9.17) is 5.11 Å². The Bertz CT molecular complexity index is 524. The first kappa shape index (κ1) is 15.9. The van der Waals surface area contributed by atoms with Gasteiger partial charge in [-0.25, -0.2) is 4.39 Å². The van der Waals surface area contributed by atoms with Crippen LogP contribution in [0.5, 0.6) is 0 Å². The molecule has 1 unspecified atom stereocenters. The first-order valence-electron chi connectivity index (χ1n) is 5.27. The van der Waals surface area contributed by atoms with Gasteiger partial charge in [-0.1, -0.05) is 13.8 Å². The van der Waals surface area contributed by atoms with E-state index in [0.717, 1.165) is 23.9 Å². The Balaban J connectivity index is 3.22. The second-order valence-corrected chi connectivity index (χ2v) is 6.15. The van der Waals surface area contributed by atoms with Crippen molar-refractivity contribution in [1.82, 2.24) is 0 Å². The number of hydrogen-bond donors (Lipinski definition) is 1. The van der Waals surface area contributed by atoms with Crippen molar-refractivity contribution in [3.05, 3.63) is 32.5 Å². The Kier molecular flexibility index (Phi) is 5.30. The van der Waals surface area contributed by atoms with Crippen LogP contribution in [0.4, 0.5) is 10.1 Å². The zero-order valence-electron chi connectivity index (χ0n) is 10.1. The van der Waals surface area contributed by atoms with Gasteiger partial charge >= 0.3 is 5.97 Å². The van der Waals surface area contributed by atoms with Crippen molar-refractivity contribution < 1.29 is 19.2 Å². The topological polar surface area (TPSA) is 80.4 Å². The fourth-order valence-electron chi connectivity index (χ4n) is 1.36. The number of carboxylic acid groups (broad SMARTS) is 1. The number of halogens is 2. The lowest BCUT2D eigenvalue weighted by Crippen LogP contribution is -2.22. The van der Waals surface area contributed by atoms with Crippen molar-refractivity contribution in [2.24, 2.45) is 5.92 Å². The molecule has 0 spiro atoms. The van der Waals surface area contributed by atoms with Gasteiger partial charge < -0.3 is 5.11 Å². The summed E-state index contributed by atoms with van der Waals surface area (Å²) in [6.45, 7) is 3.37. The van der Waals surface area contributed by atoms with Crippen LogP contribution >= 0.6 is 27.7 Å². The smallest absolute Gasteiger partial charge is 0.317 e. The largest absolute Gasteiger partial charge is 0.480 e. The van der Waals surface area contributed by atoms with Crippen LogP contribution in [-0.4, -0.2) is 21.2 Å². The zero-order chi connectivity index (χ0) is 14.7. The lowest BCUT2D eigenvalue weighted by atomic mass is 10.1. The number of carbonyl (C=O) groups is 1. The molecule has 0 aliphatic heterocycles. The molecule has 0 radical (unpaired) electrons. The third-order valence-corrected chi connectivity index (χ3v) is 4.49. The first-order chi connectivity index (χ1) is 8.73. The number of nitro groups is 1. The van der Waals surface area contributed by atoms with E-state index in [0.29, 0.717) is 0 Å². The molecule has 0 aromatic heterocycles. The monoisotopic (exact) mass is 351 g/mol. The molecule has 5 nitrogen and oxygen atoms in total. The van der Waals surface area contributed by atoms with E-state index in [2.05, 4.69) is 15.9 Å². The minimum absolute atomic E-state index is 0.00630. The molecule has 0 aliphatic carbocycles. The van der Waals surface area contributed by atoms with Crippen LogP contribution in [-0.2, 0) is 4.79 Å². The van der Waals surface area contributed by atoms with Crippen molar-refractivity contribution >= 4 is 39.3 Å². The Morgan fingerprint density at radius 2 is 2.11 bits per heavy atom.